The molecule has 2 N–H and O–H groups in total. The van der Waals surface area contributed by atoms with Crippen molar-refractivity contribution in [3.63, 3.8) is 0 Å². The zero-order chi connectivity index (χ0) is 20.9. The minimum absolute atomic E-state index is 0.00875. The summed E-state index contributed by atoms with van der Waals surface area (Å²) in [5.41, 5.74) is 0.280. The van der Waals surface area contributed by atoms with E-state index in [-0.39, 0.29) is 23.7 Å². The van der Waals surface area contributed by atoms with Gasteiger partial charge in [-0.05, 0) is 0 Å². The van der Waals surface area contributed by atoms with Gasteiger partial charge in [0.25, 0.3) is 5.69 Å². The first-order valence-electron chi connectivity index (χ1n) is 8.94. The Morgan fingerprint density at radius 2 is 2.17 bits per heavy atom. The molecule has 0 bridgehead atoms. The number of amides is 1. The van der Waals surface area contributed by atoms with Gasteiger partial charge in [-0.2, -0.15) is 5.26 Å². The third-order valence-corrected chi connectivity index (χ3v) is 9.05. The number of hydrogen-bond acceptors (Lipinski definition) is 8. The van der Waals surface area contributed by atoms with Gasteiger partial charge in [-0.25, -0.2) is 0 Å². The van der Waals surface area contributed by atoms with Crippen LogP contribution in [0, 0.1) is 21.4 Å². The second kappa shape index (κ2) is 9.47. The van der Waals surface area contributed by atoms with Crippen molar-refractivity contribution in [2.45, 2.75) is 11.8 Å². The highest BCUT2D eigenvalue weighted by Gasteiger charge is 2.31. The minimum Gasteiger partial charge on any atom is -0.379 e. The first-order chi connectivity index (χ1) is 13.9. The van der Waals surface area contributed by atoms with E-state index in [1.165, 1.54) is 6.07 Å². The van der Waals surface area contributed by atoms with Crippen LogP contribution in [0.5, 0.6) is 0 Å². The van der Waals surface area contributed by atoms with Crippen LogP contribution in [-0.2, 0) is 33.7 Å². The van der Waals surface area contributed by atoms with Gasteiger partial charge in [0, 0.05) is 33.2 Å². The van der Waals surface area contributed by atoms with Gasteiger partial charge < -0.3 is 10.1 Å². The average Bonchev–Trinajstić information content (AvgIpc) is 2.72. The molecule has 0 saturated carbocycles. The predicted molar refractivity (Wildman–Crippen MR) is 110 cm³/mol. The summed E-state index contributed by atoms with van der Waals surface area (Å²) in [6, 6.07) is 7.26. The van der Waals surface area contributed by atoms with Gasteiger partial charge in [0.1, 0.15) is 17.7 Å². The molecule has 1 aromatic rings. The number of nitriles is 1. The van der Waals surface area contributed by atoms with Crippen LogP contribution in [0.3, 0.4) is 0 Å². The minimum atomic E-state index is -2.73. The number of nitrogens with zero attached hydrogens (tertiary/aromatic N) is 3. The zero-order valence-electron chi connectivity index (χ0n) is 15.5. The van der Waals surface area contributed by atoms with Crippen molar-refractivity contribution in [1.82, 2.24) is 15.5 Å². The molecule has 1 fully saturated rings. The Morgan fingerprint density at radius 1 is 1.45 bits per heavy atom. The van der Waals surface area contributed by atoms with Crippen molar-refractivity contribution >= 4 is 35.1 Å². The first kappa shape index (κ1) is 21.4. The molecule has 10 nitrogen and oxygen atoms in total. The van der Waals surface area contributed by atoms with Gasteiger partial charge in [-0.15, -0.1) is 0 Å². The van der Waals surface area contributed by atoms with Gasteiger partial charge in [-0.1, -0.05) is 28.1 Å². The molecule has 2 aliphatic rings. The lowest BCUT2D eigenvalue weighted by Gasteiger charge is -2.32. The van der Waals surface area contributed by atoms with Gasteiger partial charge in [0.2, 0.25) is 5.91 Å². The molecule has 0 radical (unpaired) electrons. The maximum Gasteiger partial charge on any atom is 0.273 e. The number of ether oxygens (including phenoxy) is 1. The van der Waals surface area contributed by atoms with Crippen LogP contribution in [0.1, 0.15) is 5.56 Å². The third-order valence-electron chi connectivity index (χ3n) is 4.47. The second-order valence-corrected chi connectivity index (χ2v) is 11.5. The van der Waals surface area contributed by atoms with Crippen molar-refractivity contribution < 1.29 is 18.7 Å². The molecule has 156 valence electrons. The Morgan fingerprint density at radius 3 is 2.86 bits per heavy atom. The molecular formula is C17H21N5O5S2. The summed E-state index contributed by atoms with van der Waals surface area (Å²) < 4.78 is 19.1. The van der Waals surface area contributed by atoms with Gasteiger partial charge in [0.05, 0.1) is 35.7 Å². The van der Waals surface area contributed by atoms with Gasteiger partial charge in [-0.3, -0.25) is 29.3 Å². The summed E-state index contributed by atoms with van der Waals surface area (Å²) in [6.07, 6.45) is 0. The lowest BCUT2D eigenvalue weighted by molar-refractivity contribution is -0.385. The number of nitro groups is 1. The maximum absolute atomic E-state index is 13.8. The topological polar surface area (TPSA) is 138 Å². The lowest BCUT2D eigenvalue weighted by atomic mass is 10.2. The lowest BCUT2D eigenvalue weighted by Crippen LogP contribution is -2.58. The highest BCUT2D eigenvalue weighted by atomic mass is 32.9. The largest absolute Gasteiger partial charge is 0.379 e. The fourth-order valence-electron chi connectivity index (χ4n) is 3.08. The molecular weight excluding hydrogens is 418 g/mol. The molecule has 0 aliphatic carbocycles. The number of hydrogen-bond donors (Lipinski definition) is 2. The van der Waals surface area contributed by atoms with E-state index in [1.54, 1.807) is 18.2 Å². The van der Waals surface area contributed by atoms with Crippen LogP contribution in [-0.4, -0.2) is 69.7 Å². The molecule has 0 spiro atoms. The Kier molecular flexibility index (Phi) is 6.99. The average molecular weight is 440 g/mol. The van der Waals surface area contributed by atoms with Crippen LogP contribution in [0.2, 0.25) is 0 Å². The predicted octanol–water partition coefficient (Wildman–Crippen LogP) is -0.592. The molecule has 1 amide bonds. The van der Waals surface area contributed by atoms with E-state index < -0.39 is 25.4 Å². The molecule has 1 saturated heterocycles. The molecule has 0 aromatic heterocycles. The summed E-state index contributed by atoms with van der Waals surface area (Å²) in [5.74, 6) is -0.436. The number of carbonyl (C=O) groups excluding carboxylic acids is 1. The Hall–Kier alpha value is -2.30. The van der Waals surface area contributed by atoms with Crippen molar-refractivity contribution in [3.8, 4) is 6.07 Å². The van der Waals surface area contributed by atoms with E-state index in [4.69, 9.17) is 10.00 Å². The quantitative estimate of drug-likeness (QED) is 0.269. The maximum atomic E-state index is 13.8. The number of morpholine rings is 1. The summed E-state index contributed by atoms with van der Waals surface area (Å²) in [6.45, 7) is 2.05. The molecule has 2 atom stereocenters. The van der Waals surface area contributed by atoms with Gasteiger partial charge >= 0.3 is 0 Å². The van der Waals surface area contributed by atoms with Crippen molar-refractivity contribution in [2.75, 3.05) is 38.6 Å². The van der Waals surface area contributed by atoms with Crippen LogP contribution >= 0.6 is 0 Å². The van der Waals surface area contributed by atoms with Gasteiger partial charge in [0.15, 0.2) is 0 Å². The van der Waals surface area contributed by atoms with E-state index in [1.807, 2.05) is 11.0 Å². The normalized spacial score (nSPS) is 24.9. The van der Waals surface area contributed by atoms with Crippen molar-refractivity contribution in [2.24, 2.45) is 0 Å². The monoisotopic (exact) mass is 439 g/mol. The number of nitro benzene ring substituents is 1. The Bertz CT molecular complexity index is 1000. The summed E-state index contributed by atoms with van der Waals surface area (Å²) >= 11 is 0. The van der Waals surface area contributed by atoms with Crippen LogP contribution < -0.4 is 10.6 Å². The zero-order valence-corrected chi connectivity index (χ0v) is 17.2. The van der Waals surface area contributed by atoms with Crippen LogP contribution in [0.4, 0.5) is 5.69 Å². The van der Waals surface area contributed by atoms with E-state index in [9.17, 15) is 19.1 Å². The Balaban J connectivity index is 1.98. The number of rotatable bonds is 5. The molecule has 2 heterocycles. The number of nitrogens with one attached hydrogen (secondary N) is 2. The van der Waals surface area contributed by atoms with E-state index >= 15 is 0 Å². The summed E-state index contributed by atoms with van der Waals surface area (Å²) in [7, 11) is -1.59. The van der Waals surface area contributed by atoms with Crippen LogP contribution in [0.15, 0.2) is 24.3 Å². The first-order valence-corrected chi connectivity index (χ1v) is 12.2. The fourth-order valence-corrected chi connectivity index (χ4v) is 8.05. The Labute approximate surface area is 171 Å². The molecule has 2 unspecified atom stereocenters. The third kappa shape index (κ3) is 5.40. The molecule has 2 aliphatic heterocycles. The number of carbonyl (C=O) groups is 1. The van der Waals surface area contributed by atoms with Crippen molar-refractivity contribution in [3.05, 3.63) is 39.9 Å². The number of para-hydroxylation sites is 1. The molecule has 12 heteroatoms. The van der Waals surface area contributed by atoms with Crippen LogP contribution in [0.25, 0.3) is 0 Å². The van der Waals surface area contributed by atoms with E-state index in [0.29, 0.717) is 37.0 Å². The highest BCUT2D eigenvalue weighted by molar-refractivity contribution is 8.38. The highest BCUT2D eigenvalue weighted by Crippen LogP contribution is 2.22. The SMILES string of the molecule is N#CCNC(=O)C1CS(=O)(Cc2ccccc2[N+](=O)[O-])=S=C(N2CCOCC2)N1. The second-order valence-electron chi connectivity index (χ2n) is 6.50. The van der Waals surface area contributed by atoms with Crippen molar-refractivity contribution in [1.29, 1.82) is 5.26 Å². The van der Waals surface area contributed by atoms with E-state index in [2.05, 4.69) is 10.6 Å². The van der Waals surface area contributed by atoms with E-state index in [0.717, 1.165) is 9.91 Å². The molecule has 3 rings (SSSR count). The smallest absolute Gasteiger partial charge is 0.273 e. The molecule has 1 aromatic carbocycles. The standard InChI is InChI=1S/C17H21N5O5S2/c18-5-6-19-16(23)14-12-29(26,11-13-3-1-2-4-15(13)22(24)25)28-17(20-14)21-7-9-27-10-8-21/h1-4,14,20H,6-12H2,(H,19,23). The molecule has 29 heavy (non-hydrogen) atoms. The fraction of sp³-hybridized carbons (Fsp3) is 0.471. The summed E-state index contributed by atoms with van der Waals surface area (Å²) in [4.78, 5) is 25.3. The summed E-state index contributed by atoms with van der Waals surface area (Å²) in [5, 5.41) is 26.3. The number of benzene rings is 1.